The van der Waals surface area contributed by atoms with E-state index in [4.69, 9.17) is 4.74 Å². The summed E-state index contributed by atoms with van der Waals surface area (Å²) in [5.41, 5.74) is 1.16. The molecule has 0 saturated heterocycles. The molecule has 2 aliphatic rings. The quantitative estimate of drug-likeness (QED) is 0.833. The van der Waals surface area contributed by atoms with Gasteiger partial charge in [0.25, 0.3) is 0 Å². The van der Waals surface area contributed by atoms with E-state index in [1.54, 1.807) is 6.92 Å². The Bertz CT molecular complexity index is 591. The van der Waals surface area contributed by atoms with Crippen LogP contribution >= 0.6 is 0 Å². The summed E-state index contributed by atoms with van der Waals surface area (Å²) in [6, 6.07) is 9.29. The number of fused-ring (bicyclic) bond motifs is 1. The average Bonchev–Trinajstić information content (AvgIpc) is 2.71. The van der Waals surface area contributed by atoms with Crippen molar-refractivity contribution in [3.05, 3.63) is 29.8 Å². The molecule has 1 aliphatic heterocycles. The van der Waals surface area contributed by atoms with Crippen LogP contribution in [-0.4, -0.2) is 47.0 Å². The number of ether oxygens (including phenoxy) is 1. The summed E-state index contributed by atoms with van der Waals surface area (Å²) in [5, 5.41) is 0. The highest BCUT2D eigenvalue weighted by atomic mass is 16.5. The van der Waals surface area contributed by atoms with Gasteiger partial charge in [-0.2, -0.15) is 0 Å². The van der Waals surface area contributed by atoms with Gasteiger partial charge in [0.15, 0.2) is 0 Å². The van der Waals surface area contributed by atoms with Crippen LogP contribution < -0.4 is 4.74 Å². The SMILES string of the molecule is CC(=O)N(C)C1CCC2(CC1)CN(C(C)C)Cc1ccccc1O2. The van der Waals surface area contributed by atoms with Gasteiger partial charge in [-0.1, -0.05) is 18.2 Å². The van der Waals surface area contributed by atoms with E-state index >= 15 is 0 Å². The summed E-state index contributed by atoms with van der Waals surface area (Å²) in [5.74, 6) is 1.20. The van der Waals surface area contributed by atoms with Crippen LogP contribution in [0.25, 0.3) is 0 Å². The minimum Gasteiger partial charge on any atom is -0.486 e. The smallest absolute Gasteiger partial charge is 0.219 e. The normalized spacial score (nSPS) is 27.5. The van der Waals surface area contributed by atoms with E-state index in [1.165, 1.54) is 5.56 Å². The summed E-state index contributed by atoms with van der Waals surface area (Å²) in [6.07, 6.45) is 4.05. The summed E-state index contributed by atoms with van der Waals surface area (Å²) in [6.45, 7) is 8.10. The van der Waals surface area contributed by atoms with Crippen molar-refractivity contribution in [1.82, 2.24) is 9.80 Å². The zero-order valence-corrected chi connectivity index (χ0v) is 15.4. The van der Waals surface area contributed by atoms with Gasteiger partial charge in [-0.05, 0) is 45.6 Å². The van der Waals surface area contributed by atoms with E-state index in [0.29, 0.717) is 12.1 Å². The third kappa shape index (κ3) is 3.44. The second-order valence-electron chi connectivity index (χ2n) is 7.75. The average molecular weight is 330 g/mol. The predicted molar refractivity (Wildman–Crippen MR) is 96.0 cm³/mol. The Hall–Kier alpha value is -1.55. The lowest BCUT2D eigenvalue weighted by Gasteiger charge is -2.44. The van der Waals surface area contributed by atoms with Crippen LogP contribution in [0.4, 0.5) is 0 Å². The van der Waals surface area contributed by atoms with Gasteiger partial charge in [0.05, 0.1) is 0 Å². The third-order valence-electron chi connectivity index (χ3n) is 5.80. The Balaban J connectivity index is 1.81. The fourth-order valence-corrected chi connectivity index (χ4v) is 4.04. The molecule has 0 bridgehead atoms. The molecular formula is C20H30N2O2. The van der Waals surface area contributed by atoms with Crippen molar-refractivity contribution in [3.8, 4) is 5.75 Å². The molecule has 0 aromatic heterocycles. The molecule has 132 valence electrons. The lowest BCUT2D eigenvalue weighted by Crippen LogP contribution is -2.52. The summed E-state index contributed by atoms with van der Waals surface area (Å²) < 4.78 is 6.61. The van der Waals surface area contributed by atoms with Crippen LogP contribution in [0.5, 0.6) is 5.75 Å². The summed E-state index contributed by atoms with van der Waals surface area (Å²) >= 11 is 0. The molecule has 1 amide bonds. The largest absolute Gasteiger partial charge is 0.486 e. The predicted octanol–water partition coefficient (Wildman–Crippen LogP) is 3.45. The van der Waals surface area contributed by atoms with Crippen molar-refractivity contribution in [2.45, 2.75) is 70.7 Å². The molecule has 1 aromatic rings. The highest BCUT2D eigenvalue weighted by Gasteiger charge is 2.42. The maximum Gasteiger partial charge on any atom is 0.219 e. The van der Waals surface area contributed by atoms with Crippen molar-refractivity contribution in [1.29, 1.82) is 0 Å². The number of amides is 1. The van der Waals surface area contributed by atoms with Crippen molar-refractivity contribution in [2.24, 2.45) is 0 Å². The van der Waals surface area contributed by atoms with Gasteiger partial charge in [-0.3, -0.25) is 9.69 Å². The number of benzene rings is 1. The second kappa shape index (κ2) is 6.75. The Labute approximate surface area is 145 Å². The van der Waals surface area contributed by atoms with Gasteiger partial charge in [0.2, 0.25) is 5.91 Å². The number of carbonyl (C=O) groups excluding carboxylic acids is 1. The van der Waals surface area contributed by atoms with Crippen LogP contribution in [0.1, 0.15) is 52.0 Å². The van der Waals surface area contributed by atoms with E-state index in [-0.39, 0.29) is 11.5 Å². The Morgan fingerprint density at radius 2 is 1.96 bits per heavy atom. The first-order valence-corrected chi connectivity index (χ1v) is 9.14. The first-order chi connectivity index (χ1) is 11.4. The molecule has 0 atom stereocenters. The maximum absolute atomic E-state index is 11.7. The topological polar surface area (TPSA) is 32.8 Å². The van der Waals surface area contributed by atoms with E-state index in [0.717, 1.165) is 44.5 Å². The zero-order valence-electron chi connectivity index (χ0n) is 15.4. The minimum absolute atomic E-state index is 0.120. The summed E-state index contributed by atoms with van der Waals surface area (Å²) in [4.78, 5) is 16.1. The highest BCUT2D eigenvalue weighted by Crippen LogP contribution is 2.39. The van der Waals surface area contributed by atoms with Crippen molar-refractivity contribution < 1.29 is 9.53 Å². The van der Waals surface area contributed by atoms with Gasteiger partial charge in [-0.25, -0.2) is 0 Å². The molecule has 24 heavy (non-hydrogen) atoms. The minimum atomic E-state index is -0.120. The molecule has 4 nitrogen and oxygen atoms in total. The Morgan fingerprint density at radius 3 is 2.58 bits per heavy atom. The van der Waals surface area contributed by atoms with Crippen LogP contribution in [0.2, 0.25) is 0 Å². The lowest BCUT2D eigenvalue weighted by atomic mass is 9.81. The summed E-state index contributed by atoms with van der Waals surface area (Å²) in [7, 11) is 1.93. The molecule has 3 rings (SSSR count). The van der Waals surface area contributed by atoms with Crippen LogP contribution in [-0.2, 0) is 11.3 Å². The highest BCUT2D eigenvalue weighted by molar-refractivity contribution is 5.73. The Kier molecular flexibility index (Phi) is 4.86. The van der Waals surface area contributed by atoms with Gasteiger partial charge in [0, 0.05) is 44.7 Å². The number of hydrogen-bond acceptors (Lipinski definition) is 3. The van der Waals surface area contributed by atoms with Crippen LogP contribution in [0.3, 0.4) is 0 Å². The number of hydrogen-bond donors (Lipinski definition) is 0. The second-order valence-corrected chi connectivity index (χ2v) is 7.75. The maximum atomic E-state index is 11.7. The van der Waals surface area contributed by atoms with E-state index in [2.05, 4.69) is 43.0 Å². The van der Waals surface area contributed by atoms with E-state index < -0.39 is 0 Å². The standard InChI is InChI=1S/C20H30N2O2/c1-15(2)22-13-17-7-5-6-8-19(17)24-20(14-22)11-9-18(10-12-20)21(4)16(3)23/h5-8,15,18H,9-14H2,1-4H3. The van der Waals surface area contributed by atoms with Crippen LogP contribution in [0.15, 0.2) is 24.3 Å². The lowest BCUT2D eigenvalue weighted by molar-refractivity contribution is -0.131. The molecule has 0 unspecified atom stereocenters. The number of nitrogens with zero attached hydrogens (tertiary/aromatic N) is 2. The zero-order chi connectivity index (χ0) is 17.3. The number of para-hydroxylation sites is 1. The molecule has 1 aliphatic carbocycles. The van der Waals surface area contributed by atoms with Gasteiger partial charge >= 0.3 is 0 Å². The van der Waals surface area contributed by atoms with Gasteiger partial charge < -0.3 is 9.64 Å². The first-order valence-electron chi connectivity index (χ1n) is 9.14. The monoisotopic (exact) mass is 330 g/mol. The molecule has 1 fully saturated rings. The molecule has 1 aromatic carbocycles. The molecular weight excluding hydrogens is 300 g/mol. The molecule has 0 N–H and O–H groups in total. The number of carbonyl (C=O) groups is 1. The molecule has 1 spiro atoms. The van der Waals surface area contributed by atoms with Gasteiger partial charge in [0.1, 0.15) is 11.4 Å². The number of rotatable bonds is 2. The van der Waals surface area contributed by atoms with Crippen molar-refractivity contribution in [2.75, 3.05) is 13.6 Å². The van der Waals surface area contributed by atoms with Crippen LogP contribution in [0, 0.1) is 0 Å². The molecule has 1 saturated carbocycles. The van der Waals surface area contributed by atoms with E-state index in [9.17, 15) is 4.79 Å². The Morgan fingerprint density at radius 1 is 1.29 bits per heavy atom. The first kappa shape index (κ1) is 17.3. The third-order valence-corrected chi connectivity index (χ3v) is 5.80. The van der Waals surface area contributed by atoms with Crippen molar-refractivity contribution >= 4 is 5.91 Å². The van der Waals surface area contributed by atoms with Crippen molar-refractivity contribution in [3.63, 3.8) is 0 Å². The fourth-order valence-electron chi connectivity index (χ4n) is 4.04. The fraction of sp³-hybridized carbons (Fsp3) is 0.650. The molecule has 1 heterocycles. The van der Waals surface area contributed by atoms with E-state index in [1.807, 2.05) is 11.9 Å². The van der Waals surface area contributed by atoms with Gasteiger partial charge in [-0.15, -0.1) is 0 Å². The molecule has 0 radical (unpaired) electrons. The molecule has 4 heteroatoms.